The third-order valence-electron chi connectivity index (χ3n) is 12.2. The number of carbonyl (C=O) groups excluding carboxylic acids is 3. The molecule has 0 aromatic rings. The standard InChI is InChI=1S/C56H104O6/c1-4-7-10-13-16-19-22-25-27-29-31-34-37-40-43-46-49-55(58)61-52-53(51-60-54(57)48-45-42-39-36-33-24-21-18-15-12-9-6-3)62-56(59)50-47-44-41-38-35-32-30-28-26-23-20-17-14-11-8-5-2/h27-30,53H,4-26,31-52H2,1-3H3/b29-27-,30-28-. The Morgan fingerprint density at radius 3 is 0.806 bits per heavy atom. The summed E-state index contributed by atoms with van der Waals surface area (Å²) in [5.74, 6) is -0.875. The maximum Gasteiger partial charge on any atom is 0.306 e. The first kappa shape index (κ1) is 59.9. The Bertz CT molecular complexity index is 1000. The average molecular weight is 873 g/mol. The molecule has 0 heterocycles. The second kappa shape index (κ2) is 51.5. The number of hydrogen-bond donors (Lipinski definition) is 0. The van der Waals surface area contributed by atoms with Gasteiger partial charge < -0.3 is 14.2 Å². The lowest BCUT2D eigenvalue weighted by molar-refractivity contribution is -0.167. The van der Waals surface area contributed by atoms with Crippen molar-refractivity contribution >= 4 is 17.9 Å². The number of carbonyl (C=O) groups is 3. The van der Waals surface area contributed by atoms with E-state index in [4.69, 9.17) is 14.2 Å². The summed E-state index contributed by atoms with van der Waals surface area (Å²) in [6.45, 7) is 6.65. The van der Waals surface area contributed by atoms with Gasteiger partial charge in [-0.3, -0.25) is 14.4 Å². The fourth-order valence-corrected chi connectivity index (χ4v) is 8.02. The van der Waals surface area contributed by atoms with Crippen molar-refractivity contribution in [3.8, 4) is 0 Å². The van der Waals surface area contributed by atoms with E-state index in [1.165, 1.54) is 186 Å². The first-order chi connectivity index (χ1) is 30.5. The lowest BCUT2D eigenvalue weighted by Gasteiger charge is -2.18. The van der Waals surface area contributed by atoms with Gasteiger partial charge in [-0.15, -0.1) is 0 Å². The van der Waals surface area contributed by atoms with Crippen LogP contribution in [-0.4, -0.2) is 37.2 Å². The van der Waals surface area contributed by atoms with Gasteiger partial charge in [0.25, 0.3) is 0 Å². The fraction of sp³-hybridized carbons (Fsp3) is 0.875. The topological polar surface area (TPSA) is 78.9 Å². The molecule has 0 saturated carbocycles. The van der Waals surface area contributed by atoms with Gasteiger partial charge in [-0.05, 0) is 70.6 Å². The van der Waals surface area contributed by atoms with E-state index in [9.17, 15) is 14.4 Å². The molecule has 0 aliphatic carbocycles. The van der Waals surface area contributed by atoms with Crippen LogP contribution < -0.4 is 0 Å². The van der Waals surface area contributed by atoms with Crippen LogP contribution in [0.15, 0.2) is 24.3 Å². The largest absolute Gasteiger partial charge is 0.462 e. The first-order valence-corrected chi connectivity index (χ1v) is 27.3. The molecular formula is C56H104O6. The number of hydrogen-bond acceptors (Lipinski definition) is 6. The van der Waals surface area contributed by atoms with Gasteiger partial charge in [-0.1, -0.05) is 231 Å². The Kier molecular flexibility index (Phi) is 49.8. The molecule has 0 aliphatic rings. The molecule has 0 amide bonds. The maximum absolute atomic E-state index is 12.8. The third kappa shape index (κ3) is 48.9. The zero-order valence-corrected chi connectivity index (χ0v) is 41.7. The highest BCUT2D eigenvalue weighted by Gasteiger charge is 2.19. The summed E-state index contributed by atoms with van der Waals surface area (Å²) in [7, 11) is 0. The van der Waals surface area contributed by atoms with Crippen molar-refractivity contribution in [3.63, 3.8) is 0 Å². The van der Waals surface area contributed by atoms with Crippen LogP contribution in [0, 0.1) is 0 Å². The van der Waals surface area contributed by atoms with Crippen molar-refractivity contribution in [2.24, 2.45) is 0 Å². The molecule has 0 aliphatic heterocycles. The number of allylic oxidation sites excluding steroid dienone is 4. The molecule has 0 N–H and O–H groups in total. The van der Waals surface area contributed by atoms with E-state index in [2.05, 4.69) is 45.1 Å². The van der Waals surface area contributed by atoms with Crippen LogP contribution in [0.25, 0.3) is 0 Å². The first-order valence-electron chi connectivity index (χ1n) is 27.3. The fourth-order valence-electron chi connectivity index (χ4n) is 8.02. The lowest BCUT2D eigenvalue weighted by atomic mass is 10.0. The number of rotatable bonds is 50. The van der Waals surface area contributed by atoms with Gasteiger partial charge in [-0.2, -0.15) is 0 Å². The van der Waals surface area contributed by atoms with Crippen LogP contribution in [-0.2, 0) is 28.6 Å². The molecule has 0 saturated heterocycles. The number of esters is 3. The van der Waals surface area contributed by atoms with Gasteiger partial charge in [0.15, 0.2) is 6.10 Å². The highest BCUT2D eigenvalue weighted by atomic mass is 16.6. The second-order valence-corrected chi connectivity index (χ2v) is 18.5. The zero-order chi connectivity index (χ0) is 45.1. The Morgan fingerprint density at radius 1 is 0.306 bits per heavy atom. The summed E-state index contributed by atoms with van der Waals surface area (Å²) in [5.41, 5.74) is 0. The Balaban J connectivity index is 4.35. The lowest BCUT2D eigenvalue weighted by Crippen LogP contribution is -2.30. The Labute approximate surface area is 385 Å². The molecule has 0 fully saturated rings. The molecule has 364 valence electrons. The minimum Gasteiger partial charge on any atom is -0.462 e. The van der Waals surface area contributed by atoms with Crippen LogP contribution in [0.5, 0.6) is 0 Å². The predicted molar refractivity (Wildman–Crippen MR) is 266 cm³/mol. The van der Waals surface area contributed by atoms with Gasteiger partial charge >= 0.3 is 17.9 Å². The van der Waals surface area contributed by atoms with Gasteiger partial charge in [0.1, 0.15) is 13.2 Å². The molecule has 6 nitrogen and oxygen atoms in total. The summed E-state index contributed by atoms with van der Waals surface area (Å²) in [6, 6.07) is 0. The van der Waals surface area contributed by atoms with Gasteiger partial charge in [0, 0.05) is 19.3 Å². The van der Waals surface area contributed by atoms with E-state index < -0.39 is 6.10 Å². The molecule has 1 atom stereocenters. The Hall–Kier alpha value is -2.11. The smallest absolute Gasteiger partial charge is 0.306 e. The van der Waals surface area contributed by atoms with Crippen LogP contribution in [0.2, 0.25) is 0 Å². The SMILES string of the molecule is CCCCCCCCC/C=C\CCCCCCCC(=O)OCC(COC(=O)CCCCCCCCCCCCCC)OC(=O)CCCCCCC/C=C\CCCCCCCCC. The van der Waals surface area contributed by atoms with Crippen molar-refractivity contribution in [2.75, 3.05) is 13.2 Å². The van der Waals surface area contributed by atoms with Crippen molar-refractivity contribution < 1.29 is 28.6 Å². The van der Waals surface area contributed by atoms with Crippen molar-refractivity contribution in [1.82, 2.24) is 0 Å². The van der Waals surface area contributed by atoms with Gasteiger partial charge in [0.2, 0.25) is 0 Å². The summed E-state index contributed by atoms with van der Waals surface area (Å²) >= 11 is 0. The molecule has 0 radical (unpaired) electrons. The summed E-state index contributed by atoms with van der Waals surface area (Å²) < 4.78 is 16.8. The summed E-state index contributed by atoms with van der Waals surface area (Å²) in [6.07, 6.45) is 58.7. The van der Waals surface area contributed by atoms with E-state index in [1.54, 1.807) is 0 Å². The van der Waals surface area contributed by atoms with Crippen molar-refractivity contribution in [1.29, 1.82) is 0 Å². The van der Waals surface area contributed by atoms with Crippen molar-refractivity contribution in [3.05, 3.63) is 24.3 Å². The van der Waals surface area contributed by atoms with E-state index in [-0.39, 0.29) is 31.1 Å². The van der Waals surface area contributed by atoms with E-state index in [0.717, 1.165) is 70.6 Å². The molecular weight excluding hydrogens is 769 g/mol. The van der Waals surface area contributed by atoms with Crippen molar-refractivity contribution in [2.45, 2.75) is 303 Å². The third-order valence-corrected chi connectivity index (χ3v) is 12.2. The van der Waals surface area contributed by atoms with Gasteiger partial charge in [-0.25, -0.2) is 0 Å². The van der Waals surface area contributed by atoms with Gasteiger partial charge in [0.05, 0.1) is 0 Å². The molecule has 0 aromatic heterocycles. The zero-order valence-electron chi connectivity index (χ0n) is 41.7. The van der Waals surface area contributed by atoms with Crippen LogP contribution in [0.1, 0.15) is 297 Å². The van der Waals surface area contributed by atoms with Crippen LogP contribution >= 0.6 is 0 Å². The minimum atomic E-state index is -0.774. The maximum atomic E-state index is 12.8. The second-order valence-electron chi connectivity index (χ2n) is 18.5. The molecule has 0 rings (SSSR count). The summed E-state index contributed by atoms with van der Waals surface area (Å²) in [4.78, 5) is 38.0. The molecule has 6 heteroatoms. The normalized spacial score (nSPS) is 12.1. The quantitative estimate of drug-likeness (QED) is 0.0262. The summed E-state index contributed by atoms with van der Waals surface area (Å²) in [5, 5.41) is 0. The van der Waals surface area contributed by atoms with Crippen LogP contribution in [0.3, 0.4) is 0 Å². The number of unbranched alkanes of at least 4 members (excludes halogenated alkanes) is 35. The highest BCUT2D eigenvalue weighted by Crippen LogP contribution is 2.16. The number of ether oxygens (including phenoxy) is 3. The highest BCUT2D eigenvalue weighted by molar-refractivity contribution is 5.71. The van der Waals surface area contributed by atoms with Crippen LogP contribution in [0.4, 0.5) is 0 Å². The molecule has 62 heavy (non-hydrogen) atoms. The molecule has 0 aromatic carbocycles. The Morgan fingerprint density at radius 2 is 0.532 bits per heavy atom. The average Bonchev–Trinajstić information content (AvgIpc) is 3.27. The van der Waals surface area contributed by atoms with E-state index in [0.29, 0.717) is 19.3 Å². The monoisotopic (exact) mass is 873 g/mol. The van der Waals surface area contributed by atoms with E-state index in [1.807, 2.05) is 0 Å². The van der Waals surface area contributed by atoms with E-state index >= 15 is 0 Å². The molecule has 0 spiro atoms. The minimum absolute atomic E-state index is 0.0733. The molecule has 0 bridgehead atoms. The predicted octanol–water partition coefficient (Wildman–Crippen LogP) is 17.9. The molecule has 1 unspecified atom stereocenters.